The Kier molecular flexibility index (Phi) is 5.26. The average molecular weight is 305 g/mol. The summed E-state index contributed by atoms with van der Waals surface area (Å²) in [6.45, 7) is 6.59. The number of nitrogens with zero attached hydrogens (tertiary/aromatic N) is 1. The minimum atomic E-state index is -2.29. The molecular formula is C14H27NO6. The van der Waals surface area contributed by atoms with Crippen LogP contribution in [0.4, 0.5) is 4.79 Å². The summed E-state index contributed by atoms with van der Waals surface area (Å²) in [6.07, 6.45) is -1.41. The number of amides is 1. The van der Waals surface area contributed by atoms with Gasteiger partial charge in [0.2, 0.25) is 0 Å². The lowest BCUT2D eigenvalue weighted by atomic mass is 9.72. The molecule has 1 saturated heterocycles. The molecular weight excluding hydrogens is 278 g/mol. The molecule has 1 aliphatic heterocycles. The molecule has 1 atom stereocenters. The fourth-order valence-electron chi connectivity index (χ4n) is 2.56. The zero-order valence-electron chi connectivity index (χ0n) is 13.2. The Bertz CT molecular complexity index is 363. The van der Waals surface area contributed by atoms with Crippen molar-refractivity contribution in [2.45, 2.75) is 58.0 Å². The first-order chi connectivity index (χ1) is 9.41. The number of carbonyl (C=O) groups is 1. The zero-order chi connectivity index (χ0) is 16.5. The highest BCUT2D eigenvalue weighted by Gasteiger charge is 2.48. The smallest absolute Gasteiger partial charge is 0.410 e. The fourth-order valence-corrected chi connectivity index (χ4v) is 2.56. The number of hydrogen-bond acceptors (Lipinski definition) is 6. The maximum absolute atomic E-state index is 12.0. The second kappa shape index (κ2) is 6.08. The summed E-state index contributed by atoms with van der Waals surface area (Å²) in [5, 5.41) is 38.8. The number of ether oxygens (including phenoxy) is 1. The molecule has 124 valence electrons. The molecule has 0 aromatic heterocycles. The van der Waals surface area contributed by atoms with Gasteiger partial charge in [-0.15, -0.1) is 0 Å². The lowest BCUT2D eigenvalue weighted by Crippen LogP contribution is -2.57. The third-order valence-electron chi connectivity index (χ3n) is 3.82. The van der Waals surface area contributed by atoms with Crippen LogP contribution >= 0.6 is 0 Å². The molecule has 7 heteroatoms. The monoisotopic (exact) mass is 305 g/mol. The van der Waals surface area contributed by atoms with Crippen LogP contribution < -0.4 is 0 Å². The van der Waals surface area contributed by atoms with Crippen LogP contribution in [0.15, 0.2) is 0 Å². The molecule has 1 rings (SSSR count). The molecule has 1 amide bonds. The van der Waals surface area contributed by atoms with Gasteiger partial charge in [0, 0.05) is 18.5 Å². The summed E-state index contributed by atoms with van der Waals surface area (Å²) in [7, 11) is 0. The summed E-state index contributed by atoms with van der Waals surface area (Å²) in [5.41, 5.74) is -1.62. The van der Waals surface area contributed by atoms with E-state index in [1.807, 2.05) is 0 Å². The normalized spacial score (nSPS) is 21.0. The van der Waals surface area contributed by atoms with Crippen molar-refractivity contribution in [3.63, 3.8) is 0 Å². The van der Waals surface area contributed by atoms with Crippen LogP contribution in [0.2, 0.25) is 0 Å². The van der Waals surface area contributed by atoms with Crippen LogP contribution in [0.1, 0.15) is 40.5 Å². The quantitative estimate of drug-likeness (QED) is 0.549. The van der Waals surface area contributed by atoms with Crippen LogP contribution in [0.5, 0.6) is 0 Å². The summed E-state index contributed by atoms with van der Waals surface area (Å²) < 4.78 is 5.27. The SMILES string of the molecule is CC(C)(C)OC(=O)N1CCC(CO)(C(O)C(C)(O)O)CC1. The van der Waals surface area contributed by atoms with Crippen molar-refractivity contribution >= 4 is 6.09 Å². The van der Waals surface area contributed by atoms with Crippen LogP contribution in [0.25, 0.3) is 0 Å². The van der Waals surface area contributed by atoms with Crippen LogP contribution in [0, 0.1) is 5.41 Å². The highest BCUT2D eigenvalue weighted by molar-refractivity contribution is 5.68. The van der Waals surface area contributed by atoms with Crippen molar-refractivity contribution < 1.29 is 30.0 Å². The third kappa shape index (κ3) is 4.54. The minimum absolute atomic E-state index is 0.265. The molecule has 0 aliphatic carbocycles. The largest absolute Gasteiger partial charge is 0.444 e. The predicted molar refractivity (Wildman–Crippen MR) is 75.4 cm³/mol. The zero-order valence-corrected chi connectivity index (χ0v) is 13.2. The first kappa shape index (κ1) is 18.2. The van der Waals surface area contributed by atoms with E-state index in [4.69, 9.17) is 4.74 Å². The van der Waals surface area contributed by atoms with E-state index in [1.54, 1.807) is 20.8 Å². The van der Waals surface area contributed by atoms with Crippen molar-refractivity contribution in [3.8, 4) is 0 Å². The van der Waals surface area contributed by atoms with Gasteiger partial charge in [-0.05, 0) is 40.5 Å². The van der Waals surface area contributed by atoms with Crippen molar-refractivity contribution in [3.05, 3.63) is 0 Å². The molecule has 7 nitrogen and oxygen atoms in total. The van der Waals surface area contributed by atoms with Gasteiger partial charge in [-0.3, -0.25) is 0 Å². The maximum atomic E-state index is 12.0. The van der Waals surface area contributed by atoms with E-state index < -0.39 is 29.0 Å². The minimum Gasteiger partial charge on any atom is -0.444 e. The van der Waals surface area contributed by atoms with Crippen LogP contribution in [-0.2, 0) is 4.74 Å². The summed E-state index contributed by atoms with van der Waals surface area (Å²) >= 11 is 0. The van der Waals surface area contributed by atoms with Crippen LogP contribution in [0.3, 0.4) is 0 Å². The van der Waals surface area contributed by atoms with Gasteiger partial charge in [0.25, 0.3) is 0 Å². The Labute approximate surface area is 125 Å². The van der Waals surface area contributed by atoms with Gasteiger partial charge in [-0.2, -0.15) is 0 Å². The number of aliphatic hydroxyl groups is 4. The first-order valence-electron chi connectivity index (χ1n) is 7.13. The van der Waals surface area contributed by atoms with Gasteiger partial charge in [-0.1, -0.05) is 0 Å². The van der Waals surface area contributed by atoms with E-state index in [0.717, 1.165) is 6.92 Å². The van der Waals surface area contributed by atoms with Gasteiger partial charge in [0.1, 0.15) is 11.7 Å². The van der Waals surface area contributed by atoms with Gasteiger partial charge in [-0.25, -0.2) is 4.79 Å². The van der Waals surface area contributed by atoms with E-state index in [1.165, 1.54) is 4.90 Å². The highest BCUT2D eigenvalue weighted by Crippen LogP contribution is 2.38. The van der Waals surface area contributed by atoms with E-state index >= 15 is 0 Å². The van der Waals surface area contributed by atoms with E-state index in [0.29, 0.717) is 0 Å². The number of rotatable bonds is 3. The number of likely N-dealkylation sites (tertiary alicyclic amines) is 1. The highest BCUT2D eigenvalue weighted by atomic mass is 16.6. The van der Waals surface area contributed by atoms with Gasteiger partial charge >= 0.3 is 6.09 Å². The van der Waals surface area contributed by atoms with Gasteiger partial charge < -0.3 is 30.1 Å². The molecule has 1 aliphatic rings. The van der Waals surface area contributed by atoms with E-state index in [2.05, 4.69) is 0 Å². The topological polar surface area (TPSA) is 110 Å². The van der Waals surface area contributed by atoms with Crippen molar-refractivity contribution in [2.24, 2.45) is 5.41 Å². The predicted octanol–water partition coefficient (Wildman–Crippen LogP) is 0.0577. The maximum Gasteiger partial charge on any atom is 0.410 e. The summed E-state index contributed by atoms with van der Waals surface area (Å²) in [4.78, 5) is 13.5. The van der Waals surface area contributed by atoms with Crippen molar-refractivity contribution in [1.82, 2.24) is 4.90 Å². The van der Waals surface area contributed by atoms with Crippen LogP contribution in [-0.4, -0.2) is 68.6 Å². The molecule has 1 fully saturated rings. The van der Waals surface area contributed by atoms with Crippen molar-refractivity contribution in [1.29, 1.82) is 0 Å². The fraction of sp³-hybridized carbons (Fsp3) is 0.929. The van der Waals surface area contributed by atoms with Crippen molar-refractivity contribution in [2.75, 3.05) is 19.7 Å². The molecule has 0 saturated carbocycles. The Morgan fingerprint density at radius 1 is 1.24 bits per heavy atom. The Morgan fingerprint density at radius 3 is 2.05 bits per heavy atom. The number of hydrogen-bond donors (Lipinski definition) is 4. The lowest BCUT2D eigenvalue weighted by molar-refractivity contribution is -0.254. The molecule has 1 heterocycles. The summed E-state index contributed by atoms with van der Waals surface area (Å²) in [5.74, 6) is -2.29. The molecule has 0 bridgehead atoms. The second-order valence-corrected chi connectivity index (χ2v) is 6.98. The molecule has 0 aromatic rings. The lowest BCUT2D eigenvalue weighted by Gasteiger charge is -2.46. The molecule has 0 radical (unpaired) electrons. The molecule has 21 heavy (non-hydrogen) atoms. The Hall–Kier alpha value is -0.890. The van der Waals surface area contributed by atoms with Gasteiger partial charge in [0.15, 0.2) is 5.79 Å². The summed E-state index contributed by atoms with van der Waals surface area (Å²) in [6, 6.07) is 0. The van der Waals surface area contributed by atoms with E-state index in [-0.39, 0.29) is 32.5 Å². The number of aliphatic hydroxyl groups excluding tert-OH is 2. The van der Waals surface area contributed by atoms with E-state index in [9.17, 15) is 25.2 Å². The average Bonchev–Trinajstić information content (AvgIpc) is 2.35. The molecule has 0 aromatic carbocycles. The molecule has 4 N–H and O–H groups in total. The third-order valence-corrected chi connectivity index (χ3v) is 3.82. The number of piperidine rings is 1. The standard InChI is InChI=1S/C14H27NO6/c1-12(2,3)21-11(18)15-7-5-14(9-16,6-8-15)10(17)13(4,19)20/h10,16-17,19-20H,5-9H2,1-4H3. The number of carbonyl (C=O) groups excluding carboxylic acids is 1. The Balaban J connectivity index is 2.71. The Morgan fingerprint density at radius 2 is 1.71 bits per heavy atom. The second-order valence-electron chi connectivity index (χ2n) is 6.98. The van der Waals surface area contributed by atoms with Gasteiger partial charge in [0.05, 0.1) is 6.61 Å². The first-order valence-corrected chi connectivity index (χ1v) is 7.13. The molecule has 0 spiro atoms. The molecule has 1 unspecified atom stereocenters.